The summed E-state index contributed by atoms with van der Waals surface area (Å²) in [6.45, 7) is 0.0714. The van der Waals surface area contributed by atoms with Crippen LogP contribution >= 0.6 is 11.6 Å². The van der Waals surface area contributed by atoms with Crippen molar-refractivity contribution in [2.45, 2.75) is 17.7 Å². The van der Waals surface area contributed by atoms with Crippen LogP contribution in [0.1, 0.15) is 12.8 Å². The average molecular weight is 294 g/mol. The topological polar surface area (TPSA) is 122 Å². The molecule has 0 saturated carbocycles. The van der Waals surface area contributed by atoms with Gasteiger partial charge < -0.3 is 10.7 Å². The molecule has 0 aliphatic carbocycles. The quantitative estimate of drug-likeness (QED) is 0.616. The standard InChI is InChI=1S/C9H12ClN3O4S/c10-7-4-6(5-12-9(7)15)18(16,17)13-3-1-2-8(11)14/h4-5,13H,1-3H2,(H2,11,14)(H,12,15). The van der Waals surface area contributed by atoms with Crippen LogP contribution in [0.3, 0.4) is 0 Å². The number of amides is 1. The summed E-state index contributed by atoms with van der Waals surface area (Å²) >= 11 is 5.53. The van der Waals surface area contributed by atoms with E-state index in [-0.39, 0.29) is 22.9 Å². The Bertz CT molecular complexity index is 596. The maximum absolute atomic E-state index is 11.7. The number of hydrogen-bond donors (Lipinski definition) is 3. The lowest BCUT2D eigenvalue weighted by molar-refractivity contribution is -0.118. The van der Waals surface area contributed by atoms with Gasteiger partial charge in [0, 0.05) is 19.2 Å². The largest absolute Gasteiger partial charge is 0.370 e. The Morgan fingerprint density at radius 1 is 1.50 bits per heavy atom. The summed E-state index contributed by atoms with van der Waals surface area (Å²) in [6.07, 6.45) is 1.44. The third kappa shape index (κ3) is 4.13. The fourth-order valence-corrected chi connectivity index (χ4v) is 2.45. The first-order valence-electron chi connectivity index (χ1n) is 4.99. The Morgan fingerprint density at radius 2 is 2.17 bits per heavy atom. The normalized spacial score (nSPS) is 11.4. The maximum Gasteiger partial charge on any atom is 0.266 e. The first-order chi connectivity index (χ1) is 8.33. The second-order valence-electron chi connectivity index (χ2n) is 3.48. The Kier molecular flexibility index (Phi) is 4.88. The van der Waals surface area contributed by atoms with Crippen LogP contribution in [-0.2, 0) is 14.8 Å². The molecular formula is C9H12ClN3O4S. The fraction of sp³-hybridized carbons (Fsp3) is 0.333. The van der Waals surface area contributed by atoms with Crippen LogP contribution in [0.4, 0.5) is 0 Å². The number of carbonyl (C=O) groups excluding carboxylic acids is 1. The zero-order chi connectivity index (χ0) is 13.8. The van der Waals surface area contributed by atoms with Gasteiger partial charge in [-0.25, -0.2) is 13.1 Å². The van der Waals surface area contributed by atoms with Crippen molar-refractivity contribution >= 4 is 27.5 Å². The monoisotopic (exact) mass is 293 g/mol. The van der Waals surface area contributed by atoms with E-state index in [1.165, 1.54) is 0 Å². The fourth-order valence-electron chi connectivity index (χ4n) is 1.15. The lowest BCUT2D eigenvalue weighted by Crippen LogP contribution is -2.26. The highest BCUT2D eigenvalue weighted by Crippen LogP contribution is 2.10. The number of pyridine rings is 1. The minimum Gasteiger partial charge on any atom is -0.370 e. The number of hydrogen-bond acceptors (Lipinski definition) is 4. The van der Waals surface area contributed by atoms with Crippen molar-refractivity contribution in [2.75, 3.05) is 6.54 Å². The lowest BCUT2D eigenvalue weighted by atomic mass is 10.3. The molecule has 1 amide bonds. The zero-order valence-electron chi connectivity index (χ0n) is 9.27. The van der Waals surface area contributed by atoms with Gasteiger partial charge in [0.2, 0.25) is 15.9 Å². The second kappa shape index (κ2) is 5.98. The number of sulfonamides is 1. The van der Waals surface area contributed by atoms with Gasteiger partial charge in [-0.15, -0.1) is 0 Å². The van der Waals surface area contributed by atoms with Crippen LogP contribution < -0.4 is 16.0 Å². The highest BCUT2D eigenvalue weighted by atomic mass is 35.5. The van der Waals surface area contributed by atoms with Crippen LogP contribution in [0.5, 0.6) is 0 Å². The number of aromatic nitrogens is 1. The van der Waals surface area contributed by atoms with E-state index < -0.39 is 21.5 Å². The molecule has 18 heavy (non-hydrogen) atoms. The van der Waals surface area contributed by atoms with Gasteiger partial charge >= 0.3 is 0 Å². The molecule has 9 heteroatoms. The molecule has 0 bridgehead atoms. The Balaban J connectivity index is 2.71. The number of halogens is 1. The summed E-state index contributed by atoms with van der Waals surface area (Å²) in [6, 6.07) is 1.05. The number of aromatic amines is 1. The number of carbonyl (C=O) groups is 1. The first kappa shape index (κ1) is 14.7. The van der Waals surface area contributed by atoms with Crippen molar-refractivity contribution < 1.29 is 13.2 Å². The van der Waals surface area contributed by atoms with Crippen LogP contribution in [0, 0.1) is 0 Å². The van der Waals surface area contributed by atoms with E-state index in [0.29, 0.717) is 6.42 Å². The lowest BCUT2D eigenvalue weighted by Gasteiger charge is -2.05. The van der Waals surface area contributed by atoms with Crippen LogP contribution in [0.15, 0.2) is 22.0 Å². The van der Waals surface area contributed by atoms with Crippen LogP contribution in [0.25, 0.3) is 0 Å². The molecule has 0 atom stereocenters. The average Bonchev–Trinajstić information content (AvgIpc) is 2.28. The summed E-state index contributed by atoms with van der Waals surface area (Å²) in [4.78, 5) is 23.5. The molecule has 0 saturated heterocycles. The molecular weight excluding hydrogens is 282 g/mol. The maximum atomic E-state index is 11.7. The number of primary amides is 1. The summed E-state index contributed by atoms with van der Waals surface area (Å²) in [5.74, 6) is -0.499. The molecule has 7 nitrogen and oxygen atoms in total. The van der Waals surface area contributed by atoms with E-state index in [1.54, 1.807) is 0 Å². The van der Waals surface area contributed by atoms with Gasteiger partial charge in [-0.1, -0.05) is 11.6 Å². The van der Waals surface area contributed by atoms with Crippen molar-refractivity contribution in [3.8, 4) is 0 Å². The number of rotatable bonds is 6. The Morgan fingerprint density at radius 3 is 2.72 bits per heavy atom. The molecule has 0 fully saturated rings. The Labute approximate surface area is 108 Å². The van der Waals surface area contributed by atoms with Crippen LogP contribution in [-0.4, -0.2) is 25.9 Å². The van der Waals surface area contributed by atoms with Gasteiger partial charge in [0.05, 0.1) is 4.90 Å². The molecule has 0 aliphatic heterocycles. The summed E-state index contributed by atoms with van der Waals surface area (Å²) in [5, 5.41) is -0.213. The van der Waals surface area contributed by atoms with E-state index in [4.69, 9.17) is 17.3 Å². The summed E-state index contributed by atoms with van der Waals surface area (Å²) in [5.41, 5.74) is 4.35. The minimum atomic E-state index is -3.75. The number of nitrogens with two attached hydrogens (primary N) is 1. The third-order valence-corrected chi connectivity index (χ3v) is 3.75. The van der Waals surface area contributed by atoms with Crippen molar-refractivity contribution in [3.05, 3.63) is 27.6 Å². The molecule has 100 valence electrons. The number of H-pyrrole nitrogens is 1. The van der Waals surface area contributed by atoms with Crippen molar-refractivity contribution in [1.29, 1.82) is 0 Å². The van der Waals surface area contributed by atoms with Gasteiger partial charge in [0.25, 0.3) is 5.56 Å². The van der Waals surface area contributed by atoms with Crippen molar-refractivity contribution in [2.24, 2.45) is 5.73 Å². The van der Waals surface area contributed by atoms with Gasteiger partial charge in [0.15, 0.2) is 0 Å². The molecule has 0 aliphatic rings. The zero-order valence-corrected chi connectivity index (χ0v) is 10.8. The van der Waals surface area contributed by atoms with E-state index in [1.807, 2.05) is 0 Å². The number of nitrogens with one attached hydrogen (secondary N) is 2. The third-order valence-electron chi connectivity index (χ3n) is 2.03. The summed E-state index contributed by atoms with van der Waals surface area (Å²) in [7, 11) is -3.75. The second-order valence-corrected chi connectivity index (χ2v) is 5.65. The molecule has 0 spiro atoms. The Hall–Kier alpha value is -1.38. The molecule has 1 aromatic heterocycles. The van der Waals surface area contributed by atoms with Crippen LogP contribution in [0.2, 0.25) is 5.02 Å². The van der Waals surface area contributed by atoms with Gasteiger partial charge in [0.1, 0.15) is 5.02 Å². The van der Waals surface area contributed by atoms with Gasteiger partial charge in [-0.3, -0.25) is 9.59 Å². The van der Waals surface area contributed by atoms with E-state index in [0.717, 1.165) is 12.3 Å². The van der Waals surface area contributed by atoms with E-state index in [2.05, 4.69) is 9.71 Å². The SMILES string of the molecule is NC(=O)CCCNS(=O)(=O)c1c[nH]c(=O)c(Cl)c1. The first-order valence-corrected chi connectivity index (χ1v) is 6.85. The molecule has 0 aromatic carbocycles. The highest BCUT2D eigenvalue weighted by Gasteiger charge is 2.14. The van der Waals surface area contributed by atoms with Gasteiger partial charge in [-0.2, -0.15) is 0 Å². The predicted octanol–water partition coefficient (Wildman–Crippen LogP) is -0.428. The minimum absolute atomic E-state index is 0.0714. The molecule has 1 heterocycles. The van der Waals surface area contributed by atoms with E-state index in [9.17, 15) is 18.0 Å². The molecule has 0 unspecified atom stereocenters. The van der Waals surface area contributed by atoms with E-state index >= 15 is 0 Å². The highest BCUT2D eigenvalue weighted by molar-refractivity contribution is 7.89. The molecule has 1 aromatic rings. The van der Waals surface area contributed by atoms with Crippen molar-refractivity contribution in [3.63, 3.8) is 0 Å². The van der Waals surface area contributed by atoms with Gasteiger partial charge in [-0.05, 0) is 12.5 Å². The molecule has 4 N–H and O–H groups in total. The van der Waals surface area contributed by atoms with Crippen molar-refractivity contribution in [1.82, 2.24) is 9.71 Å². The summed E-state index contributed by atoms with van der Waals surface area (Å²) < 4.78 is 25.7. The molecule has 1 rings (SSSR count). The predicted molar refractivity (Wildman–Crippen MR) is 65.7 cm³/mol. The smallest absolute Gasteiger partial charge is 0.266 e. The molecule has 0 radical (unpaired) electrons.